The molecule has 3 heteroatoms. The highest BCUT2D eigenvalue weighted by Gasteiger charge is 2.00. The van der Waals surface area contributed by atoms with E-state index in [2.05, 4.69) is 24.4 Å². The summed E-state index contributed by atoms with van der Waals surface area (Å²) in [6.45, 7) is 2.87. The molecular weight excluding hydrogens is 274 g/mol. The number of rotatable bonds is 6. The first-order valence-electron chi connectivity index (χ1n) is 7.48. The van der Waals surface area contributed by atoms with Gasteiger partial charge in [0.1, 0.15) is 6.61 Å². The van der Waals surface area contributed by atoms with Crippen molar-refractivity contribution in [3.05, 3.63) is 77.4 Å². The van der Waals surface area contributed by atoms with Gasteiger partial charge in [0, 0.05) is 6.54 Å². The number of benzene rings is 2. The van der Waals surface area contributed by atoms with E-state index in [0.29, 0.717) is 6.54 Å². The molecule has 2 aromatic rings. The maximum absolute atomic E-state index is 11.6. The highest BCUT2D eigenvalue weighted by Crippen LogP contribution is 2.07. The van der Waals surface area contributed by atoms with Crippen LogP contribution in [0.3, 0.4) is 0 Å². The van der Waals surface area contributed by atoms with E-state index in [4.69, 9.17) is 4.74 Å². The van der Waals surface area contributed by atoms with Gasteiger partial charge in [-0.3, -0.25) is 0 Å². The number of hydrogen-bond acceptors (Lipinski definition) is 2. The zero-order valence-corrected chi connectivity index (χ0v) is 12.8. The minimum absolute atomic E-state index is 0.287. The van der Waals surface area contributed by atoms with E-state index < -0.39 is 6.09 Å². The molecule has 0 heterocycles. The summed E-state index contributed by atoms with van der Waals surface area (Å²) in [6, 6.07) is 18.0. The van der Waals surface area contributed by atoms with Crippen molar-refractivity contribution in [3.63, 3.8) is 0 Å². The van der Waals surface area contributed by atoms with Crippen LogP contribution >= 0.6 is 0 Å². The van der Waals surface area contributed by atoms with Gasteiger partial charge in [0.15, 0.2) is 0 Å². The lowest BCUT2D eigenvalue weighted by Crippen LogP contribution is -2.24. The second-order valence-corrected chi connectivity index (χ2v) is 4.94. The molecule has 0 bridgehead atoms. The first kappa shape index (κ1) is 15.8. The molecule has 0 aliphatic heterocycles. The Hall–Kier alpha value is -2.55. The summed E-state index contributed by atoms with van der Waals surface area (Å²) in [5, 5.41) is 2.70. The van der Waals surface area contributed by atoms with Crippen LogP contribution in [-0.2, 0) is 17.8 Å². The Morgan fingerprint density at radius 2 is 1.86 bits per heavy atom. The first-order valence-corrected chi connectivity index (χ1v) is 7.48. The van der Waals surface area contributed by atoms with Crippen LogP contribution < -0.4 is 5.32 Å². The predicted molar refractivity (Wildman–Crippen MR) is 89.5 cm³/mol. The molecular formula is C19H21NO2. The average molecular weight is 295 g/mol. The van der Waals surface area contributed by atoms with Gasteiger partial charge in [0.25, 0.3) is 0 Å². The minimum Gasteiger partial charge on any atom is -0.445 e. The largest absolute Gasteiger partial charge is 0.445 e. The van der Waals surface area contributed by atoms with Gasteiger partial charge in [-0.05, 0) is 23.1 Å². The molecule has 2 aromatic carbocycles. The third-order valence-corrected chi connectivity index (χ3v) is 3.25. The van der Waals surface area contributed by atoms with Gasteiger partial charge in [-0.15, -0.1) is 0 Å². The Morgan fingerprint density at radius 3 is 2.64 bits per heavy atom. The van der Waals surface area contributed by atoms with Gasteiger partial charge >= 0.3 is 6.09 Å². The predicted octanol–water partition coefficient (Wildman–Crippen LogP) is 4.19. The van der Waals surface area contributed by atoms with Crippen molar-refractivity contribution >= 4 is 12.2 Å². The zero-order chi connectivity index (χ0) is 15.6. The molecule has 114 valence electrons. The third-order valence-electron chi connectivity index (χ3n) is 3.25. The molecule has 0 saturated carbocycles. The van der Waals surface area contributed by atoms with E-state index in [1.54, 1.807) is 0 Å². The Kier molecular flexibility index (Phi) is 6.24. The number of hydrogen-bond donors (Lipinski definition) is 1. The van der Waals surface area contributed by atoms with Gasteiger partial charge < -0.3 is 10.1 Å². The Morgan fingerprint density at radius 1 is 1.09 bits per heavy atom. The summed E-state index contributed by atoms with van der Waals surface area (Å²) in [5.74, 6) is 0. The summed E-state index contributed by atoms with van der Waals surface area (Å²) < 4.78 is 5.13. The number of amides is 1. The fourth-order valence-corrected chi connectivity index (χ4v) is 2.03. The summed E-state index contributed by atoms with van der Waals surface area (Å²) in [7, 11) is 0. The molecule has 0 aliphatic rings. The van der Waals surface area contributed by atoms with E-state index in [0.717, 1.165) is 17.5 Å². The van der Waals surface area contributed by atoms with Crippen LogP contribution in [0, 0.1) is 0 Å². The molecule has 2 rings (SSSR count). The molecule has 1 N–H and O–H groups in total. The van der Waals surface area contributed by atoms with Crippen molar-refractivity contribution in [2.45, 2.75) is 20.0 Å². The molecule has 3 nitrogen and oxygen atoms in total. The SMILES string of the molecule is CCc1cccc(C=CCNC(=O)OCc2ccccc2)c1. The van der Waals surface area contributed by atoms with E-state index in [1.165, 1.54) is 5.56 Å². The van der Waals surface area contributed by atoms with Crippen LogP contribution in [0.25, 0.3) is 6.08 Å². The summed E-state index contributed by atoms with van der Waals surface area (Å²) in [5.41, 5.74) is 3.42. The molecule has 0 aromatic heterocycles. The Labute approximate surface area is 131 Å². The van der Waals surface area contributed by atoms with E-state index in [-0.39, 0.29) is 6.61 Å². The van der Waals surface area contributed by atoms with Crippen molar-refractivity contribution in [1.82, 2.24) is 5.32 Å². The second kappa shape index (κ2) is 8.67. The van der Waals surface area contributed by atoms with Gasteiger partial charge in [-0.2, -0.15) is 0 Å². The van der Waals surface area contributed by atoms with Crippen molar-refractivity contribution in [2.24, 2.45) is 0 Å². The van der Waals surface area contributed by atoms with Crippen LogP contribution in [0.1, 0.15) is 23.6 Å². The highest BCUT2D eigenvalue weighted by molar-refractivity contribution is 5.67. The molecule has 0 saturated heterocycles. The fraction of sp³-hybridized carbons (Fsp3) is 0.211. The number of carbonyl (C=O) groups is 1. The normalized spacial score (nSPS) is 10.6. The Bertz CT molecular complexity index is 620. The smallest absolute Gasteiger partial charge is 0.407 e. The molecule has 0 radical (unpaired) electrons. The Balaban J connectivity index is 1.71. The molecule has 0 spiro atoms. The van der Waals surface area contributed by atoms with Crippen molar-refractivity contribution in [1.29, 1.82) is 0 Å². The minimum atomic E-state index is -0.407. The second-order valence-electron chi connectivity index (χ2n) is 4.94. The molecule has 0 atom stereocenters. The standard InChI is InChI=1S/C19H21NO2/c1-2-16-10-6-11-17(14-16)12-7-13-20-19(21)22-15-18-8-4-3-5-9-18/h3-12,14H,2,13,15H2,1H3,(H,20,21). The lowest BCUT2D eigenvalue weighted by molar-refractivity contribution is 0.141. The van der Waals surface area contributed by atoms with Gasteiger partial charge in [0.2, 0.25) is 0 Å². The molecule has 0 fully saturated rings. The summed E-state index contributed by atoms with van der Waals surface area (Å²) in [6.07, 6.45) is 4.52. The molecule has 0 aliphatic carbocycles. The van der Waals surface area contributed by atoms with Crippen LogP contribution in [-0.4, -0.2) is 12.6 Å². The van der Waals surface area contributed by atoms with Gasteiger partial charge in [0.05, 0.1) is 0 Å². The molecule has 0 unspecified atom stereocenters. The number of ether oxygens (including phenoxy) is 1. The van der Waals surface area contributed by atoms with Gasteiger partial charge in [-0.25, -0.2) is 4.79 Å². The maximum Gasteiger partial charge on any atom is 0.407 e. The number of alkyl carbamates (subject to hydrolysis) is 1. The molecule has 1 amide bonds. The monoisotopic (exact) mass is 295 g/mol. The summed E-state index contributed by atoms with van der Waals surface area (Å²) in [4.78, 5) is 11.6. The van der Waals surface area contributed by atoms with E-state index in [9.17, 15) is 4.79 Å². The lowest BCUT2D eigenvalue weighted by Gasteiger charge is -2.05. The highest BCUT2D eigenvalue weighted by atomic mass is 16.5. The zero-order valence-electron chi connectivity index (χ0n) is 12.8. The number of aryl methyl sites for hydroxylation is 1. The fourth-order valence-electron chi connectivity index (χ4n) is 2.03. The average Bonchev–Trinajstić information content (AvgIpc) is 2.58. The van der Waals surface area contributed by atoms with Crippen molar-refractivity contribution in [2.75, 3.05) is 6.54 Å². The number of nitrogens with one attached hydrogen (secondary N) is 1. The third kappa shape index (κ3) is 5.44. The van der Waals surface area contributed by atoms with E-state index in [1.807, 2.05) is 54.6 Å². The van der Waals surface area contributed by atoms with Crippen molar-refractivity contribution < 1.29 is 9.53 Å². The summed E-state index contributed by atoms with van der Waals surface area (Å²) >= 11 is 0. The maximum atomic E-state index is 11.6. The van der Waals surface area contributed by atoms with Crippen LogP contribution in [0.4, 0.5) is 4.79 Å². The topological polar surface area (TPSA) is 38.3 Å². The quantitative estimate of drug-likeness (QED) is 0.868. The van der Waals surface area contributed by atoms with Crippen LogP contribution in [0.15, 0.2) is 60.7 Å². The van der Waals surface area contributed by atoms with Crippen LogP contribution in [0.2, 0.25) is 0 Å². The lowest BCUT2D eigenvalue weighted by atomic mass is 10.1. The van der Waals surface area contributed by atoms with Crippen molar-refractivity contribution in [3.8, 4) is 0 Å². The molecule has 22 heavy (non-hydrogen) atoms. The van der Waals surface area contributed by atoms with Gasteiger partial charge in [-0.1, -0.05) is 73.7 Å². The van der Waals surface area contributed by atoms with Crippen LogP contribution in [0.5, 0.6) is 0 Å². The number of carbonyl (C=O) groups excluding carboxylic acids is 1. The first-order chi connectivity index (χ1) is 10.8. The van der Waals surface area contributed by atoms with E-state index >= 15 is 0 Å².